The SMILES string of the molecule is OC[C@H]1O[C@H](OC[C@H]2OC(O)[C@@H](O)[C@@H]2O)[C@@H](O)[C@@H]1O. The molecule has 0 bridgehead atoms. The van der Waals surface area contributed by atoms with E-state index in [1.54, 1.807) is 0 Å². The number of aliphatic hydroxyl groups excluding tert-OH is 6. The van der Waals surface area contributed by atoms with Crippen LogP contribution >= 0.6 is 0 Å². The molecule has 2 aliphatic heterocycles. The third-order valence-corrected chi connectivity index (χ3v) is 3.26. The van der Waals surface area contributed by atoms with E-state index >= 15 is 0 Å². The standard InChI is InChI=1S/C10H18O9/c11-1-3-5(12)8(15)10(19-3)17-2-4-6(13)7(14)9(16)18-4/h3-16H,1-2H2/t3-,4-,5-,6-,7+,8+,9?,10+/m1/s1. The van der Waals surface area contributed by atoms with Crippen molar-refractivity contribution in [1.29, 1.82) is 0 Å². The van der Waals surface area contributed by atoms with Gasteiger partial charge in [-0.3, -0.25) is 0 Å². The summed E-state index contributed by atoms with van der Waals surface area (Å²) in [7, 11) is 0. The van der Waals surface area contributed by atoms with Crippen molar-refractivity contribution in [2.24, 2.45) is 0 Å². The van der Waals surface area contributed by atoms with Crippen LogP contribution in [0.4, 0.5) is 0 Å². The number of hydrogen-bond acceptors (Lipinski definition) is 9. The van der Waals surface area contributed by atoms with Crippen molar-refractivity contribution in [1.82, 2.24) is 0 Å². The highest BCUT2D eigenvalue weighted by molar-refractivity contribution is 4.88. The Morgan fingerprint density at radius 1 is 0.789 bits per heavy atom. The predicted molar refractivity (Wildman–Crippen MR) is 56.6 cm³/mol. The average Bonchev–Trinajstić information content (AvgIpc) is 2.81. The lowest BCUT2D eigenvalue weighted by Gasteiger charge is -2.19. The Morgan fingerprint density at radius 3 is 1.89 bits per heavy atom. The monoisotopic (exact) mass is 282 g/mol. The number of hydrogen-bond donors (Lipinski definition) is 6. The summed E-state index contributed by atoms with van der Waals surface area (Å²) in [6.45, 7) is -0.736. The third-order valence-electron chi connectivity index (χ3n) is 3.26. The van der Waals surface area contributed by atoms with Crippen LogP contribution in [-0.4, -0.2) is 93.1 Å². The Kier molecular flexibility index (Phi) is 4.71. The molecule has 0 saturated carbocycles. The van der Waals surface area contributed by atoms with Crippen LogP contribution in [0.2, 0.25) is 0 Å². The highest BCUT2D eigenvalue weighted by Crippen LogP contribution is 2.24. The third kappa shape index (κ3) is 2.89. The van der Waals surface area contributed by atoms with Gasteiger partial charge in [0.05, 0.1) is 13.2 Å². The van der Waals surface area contributed by atoms with Gasteiger partial charge in [-0.25, -0.2) is 0 Å². The van der Waals surface area contributed by atoms with Gasteiger partial charge in [0.15, 0.2) is 12.6 Å². The van der Waals surface area contributed by atoms with Crippen LogP contribution < -0.4 is 0 Å². The van der Waals surface area contributed by atoms with Crippen LogP contribution in [0, 0.1) is 0 Å². The topological polar surface area (TPSA) is 149 Å². The average molecular weight is 282 g/mol. The Morgan fingerprint density at radius 2 is 1.42 bits per heavy atom. The molecule has 0 aromatic carbocycles. The van der Waals surface area contributed by atoms with Gasteiger partial charge in [0.25, 0.3) is 0 Å². The Labute approximate surface area is 108 Å². The largest absolute Gasteiger partial charge is 0.394 e. The molecule has 0 aromatic heterocycles. The molecular formula is C10H18O9. The molecule has 8 atom stereocenters. The maximum atomic E-state index is 9.59. The maximum absolute atomic E-state index is 9.59. The molecule has 2 fully saturated rings. The van der Waals surface area contributed by atoms with Gasteiger partial charge in [-0.15, -0.1) is 0 Å². The van der Waals surface area contributed by atoms with Crippen molar-refractivity contribution < 1.29 is 44.8 Å². The zero-order valence-electron chi connectivity index (χ0n) is 9.94. The normalized spacial score (nSPS) is 50.8. The van der Waals surface area contributed by atoms with E-state index in [9.17, 15) is 20.4 Å². The van der Waals surface area contributed by atoms with E-state index in [4.69, 9.17) is 24.4 Å². The second kappa shape index (κ2) is 5.95. The molecule has 2 heterocycles. The highest BCUT2D eigenvalue weighted by Gasteiger charge is 2.46. The van der Waals surface area contributed by atoms with Gasteiger partial charge in [-0.2, -0.15) is 0 Å². The molecule has 9 heteroatoms. The smallest absolute Gasteiger partial charge is 0.186 e. The van der Waals surface area contributed by atoms with Crippen LogP contribution in [-0.2, 0) is 14.2 Å². The Bertz CT molecular complexity index is 301. The van der Waals surface area contributed by atoms with E-state index in [-0.39, 0.29) is 6.61 Å². The van der Waals surface area contributed by atoms with Crippen molar-refractivity contribution in [3.05, 3.63) is 0 Å². The van der Waals surface area contributed by atoms with Crippen LogP contribution in [0.25, 0.3) is 0 Å². The lowest BCUT2D eigenvalue weighted by Crippen LogP contribution is -2.38. The van der Waals surface area contributed by atoms with Crippen molar-refractivity contribution >= 4 is 0 Å². The minimum absolute atomic E-state index is 0.262. The molecule has 0 spiro atoms. The quantitative estimate of drug-likeness (QED) is 0.302. The first-order valence-electron chi connectivity index (χ1n) is 5.89. The lowest BCUT2D eigenvalue weighted by molar-refractivity contribution is -0.197. The van der Waals surface area contributed by atoms with Crippen LogP contribution in [0.15, 0.2) is 0 Å². The van der Waals surface area contributed by atoms with Crippen molar-refractivity contribution in [2.45, 2.75) is 49.2 Å². The summed E-state index contributed by atoms with van der Waals surface area (Å²) < 4.78 is 15.0. The summed E-state index contributed by atoms with van der Waals surface area (Å²) in [5.74, 6) is 0. The van der Waals surface area contributed by atoms with Gasteiger partial charge in [0.1, 0.15) is 36.6 Å². The number of ether oxygens (including phenoxy) is 3. The molecule has 0 aromatic rings. The first-order valence-corrected chi connectivity index (χ1v) is 5.89. The summed E-state index contributed by atoms with van der Waals surface area (Å²) in [5.41, 5.74) is 0. The fourth-order valence-corrected chi connectivity index (χ4v) is 2.06. The van der Waals surface area contributed by atoms with E-state index in [2.05, 4.69) is 0 Å². The van der Waals surface area contributed by atoms with E-state index in [1.807, 2.05) is 0 Å². The molecule has 0 aliphatic carbocycles. The second-order valence-electron chi connectivity index (χ2n) is 4.59. The van der Waals surface area contributed by atoms with Gasteiger partial charge in [0, 0.05) is 0 Å². The molecule has 0 amide bonds. The number of aliphatic hydroxyl groups is 6. The van der Waals surface area contributed by atoms with Crippen LogP contribution in [0.1, 0.15) is 0 Å². The predicted octanol–water partition coefficient (Wildman–Crippen LogP) is -4.12. The highest BCUT2D eigenvalue weighted by atomic mass is 16.7. The van der Waals surface area contributed by atoms with E-state index in [0.29, 0.717) is 0 Å². The van der Waals surface area contributed by atoms with E-state index < -0.39 is 55.8 Å². The van der Waals surface area contributed by atoms with Crippen molar-refractivity contribution in [2.75, 3.05) is 13.2 Å². The minimum Gasteiger partial charge on any atom is -0.394 e. The van der Waals surface area contributed by atoms with Gasteiger partial charge < -0.3 is 44.8 Å². The van der Waals surface area contributed by atoms with Crippen LogP contribution in [0.5, 0.6) is 0 Å². The fraction of sp³-hybridized carbons (Fsp3) is 1.00. The van der Waals surface area contributed by atoms with Gasteiger partial charge in [-0.1, -0.05) is 0 Å². The Balaban J connectivity index is 1.83. The van der Waals surface area contributed by atoms with Crippen LogP contribution in [0.3, 0.4) is 0 Å². The summed E-state index contributed by atoms with van der Waals surface area (Å²) >= 11 is 0. The molecule has 2 rings (SSSR count). The summed E-state index contributed by atoms with van der Waals surface area (Å²) in [4.78, 5) is 0. The summed E-state index contributed by atoms with van der Waals surface area (Å²) in [6, 6.07) is 0. The molecule has 0 radical (unpaired) electrons. The zero-order valence-corrected chi connectivity index (χ0v) is 9.94. The Hall–Kier alpha value is -0.360. The van der Waals surface area contributed by atoms with Crippen molar-refractivity contribution in [3.63, 3.8) is 0 Å². The number of rotatable bonds is 4. The first kappa shape index (κ1) is 15.0. The van der Waals surface area contributed by atoms with E-state index in [0.717, 1.165) is 0 Å². The van der Waals surface area contributed by atoms with Gasteiger partial charge in [0.2, 0.25) is 0 Å². The lowest BCUT2D eigenvalue weighted by atomic mass is 10.1. The fourth-order valence-electron chi connectivity index (χ4n) is 2.06. The minimum atomic E-state index is -1.51. The van der Waals surface area contributed by atoms with Gasteiger partial charge >= 0.3 is 0 Å². The van der Waals surface area contributed by atoms with Crippen molar-refractivity contribution in [3.8, 4) is 0 Å². The van der Waals surface area contributed by atoms with E-state index in [1.165, 1.54) is 0 Å². The molecule has 2 saturated heterocycles. The molecule has 1 unspecified atom stereocenters. The summed E-state index contributed by atoms with van der Waals surface area (Å²) in [6.07, 6.45) is -10.00. The molecular weight excluding hydrogens is 264 g/mol. The molecule has 112 valence electrons. The zero-order chi connectivity index (χ0) is 14.2. The molecule has 6 N–H and O–H groups in total. The first-order chi connectivity index (χ1) is 8.95. The summed E-state index contributed by atoms with van der Waals surface area (Å²) in [5, 5.41) is 55.9. The molecule has 9 nitrogen and oxygen atoms in total. The second-order valence-corrected chi connectivity index (χ2v) is 4.59. The molecule has 2 aliphatic rings. The maximum Gasteiger partial charge on any atom is 0.186 e. The molecule has 19 heavy (non-hydrogen) atoms. The van der Waals surface area contributed by atoms with Gasteiger partial charge in [-0.05, 0) is 0 Å².